The van der Waals surface area contributed by atoms with Crippen molar-refractivity contribution in [2.75, 3.05) is 5.32 Å². The van der Waals surface area contributed by atoms with Crippen molar-refractivity contribution in [2.45, 2.75) is 11.4 Å². The lowest BCUT2D eigenvalue weighted by Crippen LogP contribution is -2.03. The summed E-state index contributed by atoms with van der Waals surface area (Å²) in [5, 5.41) is 5.71. The quantitative estimate of drug-likeness (QED) is 0.509. The standard InChI is InChI=1S/C24H18N2O2S/c27-29(28)13-12-18-10-11-20(15-24(18)29)25-16-19-14-23(17-6-2-1-3-7-17)26-22-9-5-4-8-21(19)22/h1-15,25H,16H2. The van der Waals surface area contributed by atoms with Gasteiger partial charge in [-0.3, -0.25) is 0 Å². The molecule has 0 bridgehead atoms. The number of sulfone groups is 1. The van der Waals surface area contributed by atoms with Gasteiger partial charge in [0.05, 0.1) is 16.1 Å². The molecule has 5 heteroatoms. The highest BCUT2D eigenvalue weighted by Crippen LogP contribution is 2.30. The molecule has 0 aliphatic carbocycles. The molecule has 0 saturated heterocycles. The molecule has 0 radical (unpaired) electrons. The minimum Gasteiger partial charge on any atom is -0.381 e. The summed E-state index contributed by atoms with van der Waals surface area (Å²) >= 11 is 0. The van der Waals surface area contributed by atoms with Crippen molar-refractivity contribution in [3.8, 4) is 11.3 Å². The number of para-hydroxylation sites is 1. The molecular formula is C24H18N2O2S. The van der Waals surface area contributed by atoms with Crippen LogP contribution in [0.25, 0.3) is 28.2 Å². The Bertz CT molecular complexity index is 1360. The number of benzene rings is 3. The second-order valence-electron chi connectivity index (χ2n) is 7.00. The Labute approximate surface area is 169 Å². The maximum atomic E-state index is 12.1. The van der Waals surface area contributed by atoms with Gasteiger partial charge in [0, 0.05) is 28.6 Å². The van der Waals surface area contributed by atoms with Crippen molar-refractivity contribution >= 4 is 32.5 Å². The van der Waals surface area contributed by atoms with Crippen molar-refractivity contribution in [3.05, 3.63) is 95.4 Å². The zero-order valence-corrected chi connectivity index (χ0v) is 16.4. The van der Waals surface area contributed by atoms with E-state index in [1.165, 1.54) is 5.41 Å². The average Bonchev–Trinajstić information content (AvgIpc) is 3.06. The van der Waals surface area contributed by atoms with Gasteiger partial charge < -0.3 is 5.32 Å². The fourth-order valence-corrected chi connectivity index (χ4v) is 4.84. The van der Waals surface area contributed by atoms with E-state index in [1.54, 1.807) is 12.1 Å². The second kappa shape index (κ2) is 6.87. The van der Waals surface area contributed by atoms with Crippen LogP contribution in [0.1, 0.15) is 11.1 Å². The van der Waals surface area contributed by atoms with Gasteiger partial charge in [-0.05, 0) is 41.5 Å². The Morgan fingerprint density at radius 2 is 1.66 bits per heavy atom. The topological polar surface area (TPSA) is 59.1 Å². The number of anilines is 1. The summed E-state index contributed by atoms with van der Waals surface area (Å²) in [6.45, 7) is 0.565. The number of nitrogens with zero attached hydrogens (tertiary/aromatic N) is 1. The van der Waals surface area contributed by atoms with Crippen LogP contribution in [0, 0.1) is 0 Å². The predicted octanol–water partition coefficient (Wildman–Crippen LogP) is 5.27. The van der Waals surface area contributed by atoms with Gasteiger partial charge in [0.1, 0.15) is 0 Å². The van der Waals surface area contributed by atoms with Crippen molar-refractivity contribution in [1.29, 1.82) is 0 Å². The highest BCUT2D eigenvalue weighted by molar-refractivity contribution is 7.94. The van der Waals surface area contributed by atoms with Crippen molar-refractivity contribution in [1.82, 2.24) is 4.98 Å². The SMILES string of the molecule is O=S1(=O)C=Cc2ccc(NCc3cc(-c4ccccc4)nc4ccccc34)cc21. The van der Waals surface area contributed by atoms with Crippen LogP contribution in [-0.4, -0.2) is 13.4 Å². The normalized spacial score (nSPS) is 14.1. The number of aromatic nitrogens is 1. The van der Waals surface area contributed by atoms with Crippen molar-refractivity contribution < 1.29 is 8.42 Å². The lowest BCUT2D eigenvalue weighted by molar-refractivity contribution is 0.605. The minimum atomic E-state index is -3.32. The first-order valence-corrected chi connectivity index (χ1v) is 10.9. The van der Waals surface area contributed by atoms with Gasteiger partial charge in [0.25, 0.3) is 0 Å². The molecule has 1 aliphatic heterocycles. The molecule has 5 rings (SSSR count). The lowest BCUT2D eigenvalue weighted by atomic mass is 10.0. The molecule has 4 aromatic rings. The Kier molecular flexibility index (Phi) is 4.18. The molecule has 4 nitrogen and oxygen atoms in total. The average molecular weight is 398 g/mol. The molecule has 0 saturated carbocycles. The molecule has 0 atom stereocenters. The molecule has 1 aromatic heterocycles. The summed E-state index contributed by atoms with van der Waals surface area (Å²) in [6, 6.07) is 25.7. The molecule has 0 unspecified atom stereocenters. The molecule has 0 amide bonds. The number of hydrogen-bond acceptors (Lipinski definition) is 4. The van der Waals surface area contributed by atoms with Gasteiger partial charge in [0.2, 0.25) is 9.84 Å². The van der Waals surface area contributed by atoms with Gasteiger partial charge in [-0.25, -0.2) is 13.4 Å². The Balaban J connectivity index is 1.51. The molecule has 1 aliphatic rings. The van der Waals surface area contributed by atoms with Crippen LogP contribution in [0.5, 0.6) is 0 Å². The summed E-state index contributed by atoms with van der Waals surface area (Å²) in [6.07, 6.45) is 1.64. The summed E-state index contributed by atoms with van der Waals surface area (Å²) in [5.74, 6) is 0. The van der Waals surface area contributed by atoms with E-state index in [1.807, 2.05) is 60.7 Å². The van der Waals surface area contributed by atoms with Crippen LogP contribution >= 0.6 is 0 Å². The Hall–Kier alpha value is -3.44. The summed E-state index contributed by atoms with van der Waals surface area (Å²) in [4.78, 5) is 5.17. The van der Waals surface area contributed by atoms with E-state index in [9.17, 15) is 8.42 Å². The van der Waals surface area contributed by atoms with E-state index in [0.29, 0.717) is 11.4 Å². The third kappa shape index (κ3) is 3.30. The monoisotopic (exact) mass is 398 g/mol. The van der Waals surface area contributed by atoms with Gasteiger partial charge >= 0.3 is 0 Å². The van der Waals surface area contributed by atoms with Crippen LogP contribution in [0.4, 0.5) is 5.69 Å². The minimum absolute atomic E-state index is 0.354. The van der Waals surface area contributed by atoms with Crippen LogP contribution in [0.2, 0.25) is 0 Å². The molecule has 29 heavy (non-hydrogen) atoms. The van der Waals surface area contributed by atoms with E-state index >= 15 is 0 Å². The van der Waals surface area contributed by atoms with Crippen LogP contribution in [0.3, 0.4) is 0 Å². The summed E-state index contributed by atoms with van der Waals surface area (Å²) in [5.41, 5.74) is 5.54. The lowest BCUT2D eigenvalue weighted by Gasteiger charge is -2.12. The Morgan fingerprint density at radius 3 is 2.52 bits per heavy atom. The van der Waals surface area contributed by atoms with Crippen molar-refractivity contribution in [3.63, 3.8) is 0 Å². The van der Waals surface area contributed by atoms with Crippen LogP contribution < -0.4 is 5.32 Å². The van der Waals surface area contributed by atoms with Crippen molar-refractivity contribution in [2.24, 2.45) is 0 Å². The largest absolute Gasteiger partial charge is 0.381 e. The van der Waals surface area contributed by atoms with Crippen LogP contribution in [0.15, 0.2) is 89.2 Å². The predicted molar refractivity (Wildman–Crippen MR) is 117 cm³/mol. The van der Waals surface area contributed by atoms with E-state index in [-0.39, 0.29) is 0 Å². The number of pyridine rings is 1. The highest BCUT2D eigenvalue weighted by atomic mass is 32.2. The number of nitrogens with one attached hydrogen (secondary N) is 1. The first-order valence-electron chi connectivity index (χ1n) is 9.35. The maximum Gasteiger partial charge on any atom is 0.200 e. The van der Waals surface area contributed by atoms with E-state index < -0.39 is 9.84 Å². The molecule has 0 fully saturated rings. The highest BCUT2D eigenvalue weighted by Gasteiger charge is 2.20. The first kappa shape index (κ1) is 17.6. The smallest absolute Gasteiger partial charge is 0.200 e. The number of fused-ring (bicyclic) bond motifs is 2. The molecule has 0 spiro atoms. The van der Waals surface area contributed by atoms with E-state index in [0.717, 1.165) is 39.0 Å². The molecule has 142 valence electrons. The maximum absolute atomic E-state index is 12.1. The zero-order valence-electron chi connectivity index (χ0n) is 15.5. The third-order valence-electron chi connectivity index (χ3n) is 5.10. The molecule has 3 aromatic carbocycles. The Morgan fingerprint density at radius 1 is 0.862 bits per heavy atom. The fraction of sp³-hybridized carbons (Fsp3) is 0.0417. The molecule has 2 heterocycles. The van der Waals surface area contributed by atoms with Gasteiger partial charge in [-0.15, -0.1) is 0 Å². The molecule has 1 N–H and O–H groups in total. The number of hydrogen-bond donors (Lipinski definition) is 1. The van der Waals surface area contributed by atoms with E-state index in [2.05, 4.69) is 17.4 Å². The third-order valence-corrected chi connectivity index (χ3v) is 6.56. The number of rotatable bonds is 4. The van der Waals surface area contributed by atoms with Gasteiger partial charge in [-0.1, -0.05) is 54.6 Å². The molecular weight excluding hydrogens is 380 g/mol. The van der Waals surface area contributed by atoms with Gasteiger partial charge in [-0.2, -0.15) is 0 Å². The fourth-order valence-electron chi connectivity index (χ4n) is 3.61. The van der Waals surface area contributed by atoms with Gasteiger partial charge in [0.15, 0.2) is 0 Å². The first-order chi connectivity index (χ1) is 14.1. The van der Waals surface area contributed by atoms with E-state index in [4.69, 9.17) is 4.98 Å². The summed E-state index contributed by atoms with van der Waals surface area (Å²) in [7, 11) is -3.32. The second-order valence-corrected chi connectivity index (χ2v) is 8.81. The summed E-state index contributed by atoms with van der Waals surface area (Å²) < 4.78 is 24.3. The van der Waals surface area contributed by atoms with Crippen LogP contribution in [-0.2, 0) is 16.4 Å². The zero-order chi connectivity index (χ0) is 19.8.